The number of benzene rings is 2. The number of hydrogen-bond donors (Lipinski definition) is 0. The summed E-state index contributed by atoms with van der Waals surface area (Å²) in [6, 6.07) is 14.2. The Morgan fingerprint density at radius 1 is 1.08 bits per heavy atom. The summed E-state index contributed by atoms with van der Waals surface area (Å²) in [5.41, 5.74) is 5.07. The minimum atomic E-state index is 0.130. The van der Waals surface area contributed by atoms with Crippen molar-refractivity contribution < 1.29 is 9.53 Å². The van der Waals surface area contributed by atoms with E-state index in [4.69, 9.17) is 4.74 Å². The van der Waals surface area contributed by atoms with Crippen molar-refractivity contribution in [3.8, 4) is 5.75 Å². The van der Waals surface area contributed by atoms with E-state index in [9.17, 15) is 4.79 Å². The quantitative estimate of drug-likeness (QED) is 0.735. The number of carbonyl (C=O) groups excluding carboxylic acids is 1. The molecule has 25 heavy (non-hydrogen) atoms. The van der Waals surface area contributed by atoms with Crippen LogP contribution in [0.3, 0.4) is 0 Å². The van der Waals surface area contributed by atoms with Gasteiger partial charge in [-0.1, -0.05) is 38.1 Å². The summed E-state index contributed by atoms with van der Waals surface area (Å²) < 4.78 is 5.26. The molecule has 0 aromatic heterocycles. The van der Waals surface area contributed by atoms with Crippen LogP contribution in [-0.4, -0.2) is 30.9 Å². The molecule has 0 N–H and O–H groups in total. The highest BCUT2D eigenvalue weighted by Gasteiger charge is 2.24. The minimum Gasteiger partial charge on any atom is -0.497 e. The lowest BCUT2D eigenvalue weighted by molar-refractivity contribution is 0.104. The Bertz CT molecular complexity index is 786. The maximum atomic E-state index is 12.6. The van der Waals surface area contributed by atoms with Gasteiger partial charge in [-0.2, -0.15) is 0 Å². The molecule has 2 aromatic carbocycles. The third-order valence-corrected chi connectivity index (χ3v) is 4.85. The Morgan fingerprint density at radius 3 is 2.44 bits per heavy atom. The van der Waals surface area contributed by atoms with Crippen LogP contribution in [0, 0.1) is 0 Å². The summed E-state index contributed by atoms with van der Waals surface area (Å²) >= 11 is 0. The number of hydrogen-bond acceptors (Lipinski definition) is 3. The maximum absolute atomic E-state index is 12.6. The Balaban J connectivity index is 1.76. The number of nitrogens with zero attached hydrogens (tertiary/aromatic N) is 1. The number of ketones is 1. The zero-order valence-corrected chi connectivity index (χ0v) is 15.2. The van der Waals surface area contributed by atoms with Crippen LogP contribution in [0.5, 0.6) is 5.75 Å². The van der Waals surface area contributed by atoms with Gasteiger partial charge in [-0.25, -0.2) is 0 Å². The number of allylic oxidation sites excluding steroid dienone is 1. The van der Waals surface area contributed by atoms with E-state index in [1.165, 1.54) is 5.56 Å². The number of fused-ring (bicyclic) bond motifs is 1. The lowest BCUT2D eigenvalue weighted by atomic mass is 10.1. The molecule has 0 saturated heterocycles. The molecule has 3 heteroatoms. The normalized spacial score (nSPS) is 15.0. The lowest BCUT2D eigenvalue weighted by Crippen LogP contribution is -2.21. The molecule has 0 aliphatic heterocycles. The first-order chi connectivity index (χ1) is 12.1. The van der Waals surface area contributed by atoms with Crippen molar-refractivity contribution >= 4 is 11.9 Å². The lowest BCUT2D eigenvalue weighted by Gasteiger charge is -2.17. The van der Waals surface area contributed by atoms with Gasteiger partial charge in [0.15, 0.2) is 5.78 Å². The Kier molecular flexibility index (Phi) is 5.34. The van der Waals surface area contributed by atoms with Crippen LogP contribution >= 0.6 is 0 Å². The topological polar surface area (TPSA) is 29.5 Å². The second kappa shape index (κ2) is 7.66. The molecule has 0 fully saturated rings. The molecular weight excluding hydrogens is 310 g/mol. The molecule has 0 atom stereocenters. The van der Waals surface area contributed by atoms with Crippen molar-refractivity contribution in [1.82, 2.24) is 4.90 Å². The van der Waals surface area contributed by atoms with Crippen LogP contribution in [0.15, 0.2) is 48.0 Å². The van der Waals surface area contributed by atoms with E-state index in [1.54, 1.807) is 7.11 Å². The Morgan fingerprint density at radius 2 is 1.80 bits per heavy atom. The van der Waals surface area contributed by atoms with Crippen LogP contribution < -0.4 is 4.74 Å². The van der Waals surface area contributed by atoms with Crippen molar-refractivity contribution in [3.05, 3.63) is 70.3 Å². The maximum Gasteiger partial charge on any atom is 0.189 e. The SMILES string of the molecule is CCN(CC)Cc1ccc(/C=C2/Cc3cc(OC)ccc3C2=O)cc1. The largest absolute Gasteiger partial charge is 0.497 e. The fourth-order valence-corrected chi connectivity index (χ4v) is 3.27. The van der Waals surface area contributed by atoms with E-state index in [0.717, 1.165) is 47.6 Å². The standard InChI is InChI=1S/C22H25NO2/c1-4-23(5-2)15-17-8-6-16(7-9-17)12-19-13-18-14-20(25-3)10-11-21(18)22(19)24/h6-12,14H,4-5,13,15H2,1-3H3/b19-12-. The van der Waals surface area contributed by atoms with Gasteiger partial charge in [0.1, 0.15) is 5.75 Å². The molecule has 2 aromatic rings. The summed E-state index contributed by atoms with van der Waals surface area (Å²) in [6.07, 6.45) is 2.68. The highest BCUT2D eigenvalue weighted by atomic mass is 16.5. The Hall–Kier alpha value is -2.39. The summed E-state index contributed by atoms with van der Waals surface area (Å²) in [6.45, 7) is 7.44. The zero-order chi connectivity index (χ0) is 17.8. The van der Waals surface area contributed by atoms with Gasteiger partial charge in [-0.3, -0.25) is 9.69 Å². The molecule has 3 rings (SSSR count). The van der Waals surface area contributed by atoms with Gasteiger partial charge in [-0.05, 0) is 54.1 Å². The zero-order valence-electron chi connectivity index (χ0n) is 15.2. The summed E-state index contributed by atoms with van der Waals surface area (Å²) in [4.78, 5) is 15.0. The molecule has 1 aliphatic rings. The number of methoxy groups -OCH3 is 1. The summed E-state index contributed by atoms with van der Waals surface area (Å²) in [7, 11) is 1.65. The van der Waals surface area contributed by atoms with E-state index in [1.807, 2.05) is 24.3 Å². The molecular formula is C22H25NO2. The molecule has 3 nitrogen and oxygen atoms in total. The van der Waals surface area contributed by atoms with Gasteiger partial charge in [0, 0.05) is 24.1 Å². The molecule has 0 unspecified atom stereocenters. The first kappa shape index (κ1) is 17.4. The third-order valence-electron chi connectivity index (χ3n) is 4.85. The van der Waals surface area contributed by atoms with Gasteiger partial charge in [-0.15, -0.1) is 0 Å². The molecule has 0 spiro atoms. The third kappa shape index (κ3) is 3.83. The minimum absolute atomic E-state index is 0.130. The molecule has 1 aliphatic carbocycles. The van der Waals surface area contributed by atoms with Crippen LogP contribution in [-0.2, 0) is 13.0 Å². The predicted octanol–water partition coefficient (Wildman–Crippen LogP) is 4.36. The first-order valence-electron chi connectivity index (χ1n) is 8.88. The molecule has 0 radical (unpaired) electrons. The van der Waals surface area contributed by atoms with E-state index in [-0.39, 0.29) is 5.78 Å². The van der Waals surface area contributed by atoms with Gasteiger partial charge >= 0.3 is 0 Å². The van der Waals surface area contributed by atoms with Crippen LogP contribution in [0.1, 0.15) is 40.9 Å². The molecule has 0 heterocycles. The number of Topliss-reactive ketones (excluding diaryl/α,β-unsaturated/α-hetero) is 1. The van der Waals surface area contributed by atoms with Crippen molar-refractivity contribution in [3.63, 3.8) is 0 Å². The smallest absolute Gasteiger partial charge is 0.189 e. The van der Waals surface area contributed by atoms with Crippen LogP contribution in [0.25, 0.3) is 6.08 Å². The van der Waals surface area contributed by atoms with E-state index in [2.05, 4.69) is 43.0 Å². The monoisotopic (exact) mass is 335 g/mol. The Labute approximate surface area is 149 Å². The molecule has 0 bridgehead atoms. The van der Waals surface area contributed by atoms with E-state index in [0.29, 0.717) is 6.42 Å². The molecule has 0 amide bonds. The second-order valence-corrected chi connectivity index (χ2v) is 6.40. The number of ether oxygens (including phenoxy) is 1. The number of rotatable bonds is 6. The summed E-state index contributed by atoms with van der Waals surface area (Å²) in [5, 5.41) is 0. The van der Waals surface area contributed by atoms with Gasteiger partial charge in [0.05, 0.1) is 7.11 Å². The average molecular weight is 335 g/mol. The van der Waals surface area contributed by atoms with E-state index >= 15 is 0 Å². The van der Waals surface area contributed by atoms with Crippen molar-refractivity contribution in [2.24, 2.45) is 0 Å². The van der Waals surface area contributed by atoms with Gasteiger partial charge < -0.3 is 4.74 Å². The fourth-order valence-electron chi connectivity index (χ4n) is 3.27. The van der Waals surface area contributed by atoms with Crippen molar-refractivity contribution in [2.75, 3.05) is 20.2 Å². The van der Waals surface area contributed by atoms with Crippen LogP contribution in [0.4, 0.5) is 0 Å². The number of carbonyl (C=O) groups is 1. The first-order valence-corrected chi connectivity index (χ1v) is 8.88. The fraction of sp³-hybridized carbons (Fsp3) is 0.318. The van der Waals surface area contributed by atoms with Crippen LogP contribution in [0.2, 0.25) is 0 Å². The average Bonchev–Trinajstić information content (AvgIpc) is 2.96. The summed E-state index contributed by atoms with van der Waals surface area (Å²) in [5.74, 6) is 0.929. The second-order valence-electron chi connectivity index (χ2n) is 6.40. The highest BCUT2D eigenvalue weighted by Crippen LogP contribution is 2.30. The predicted molar refractivity (Wildman–Crippen MR) is 102 cm³/mol. The van der Waals surface area contributed by atoms with Crippen molar-refractivity contribution in [1.29, 1.82) is 0 Å². The van der Waals surface area contributed by atoms with E-state index < -0.39 is 0 Å². The van der Waals surface area contributed by atoms with Gasteiger partial charge in [0.2, 0.25) is 0 Å². The van der Waals surface area contributed by atoms with Crippen molar-refractivity contribution in [2.45, 2.75) is 26.8 Å². The molecule has 130 valence electrons. The highest BCUT2D eigenvalue weighted by molar-refractivity contribution is 6.15. The molecule has 0 saturated carbocycles. The van der Waals surface area contributed by atoms with Gasteiger partial charge in [0.25, 0.3) is 0 Å².